The standard InChI is InChI=1S/C28H26ClF3N4O3/c29-22-7-5-6-21(28(30,31)32)24(22)26(37)36-23-16-19(34-15-4-2-1-3-14-33)12-13-20(23)25(35-36)17-8-10-18(11-9-17)27(38)39/h5-13,16,34H,1-4,14-15,33H2,(H,38,39). The molecule has 0 radical (unpaired) electrons. The topological polar surface area (TPSA) is 110 Å². The molecule has 0 spiro atoms. The molecule has 0 bridgehead atoms. The van der Waals surface area contributed by atoms with Crippen LogP contribution in [0.2, 0.25) is 5.02 Å². The Balaban J connectivity index is 1.79. The average Bonchev–Trinajstić information content (AvgIpc) is 3.28. The Labute approximate surface area is 227 Å². The molecule has 0 unspecified atom stereocenters. The average molecular weight is 559 g/mol. The molecule has 3 aromatic carbocycles. The van der Waals surface area contributed by atoms with Crippen LogP contribution in [0.3, 0.4) is 0 Å². The van der Waals surface area contributed by atoms with Gasteiger partial charge in [-0.05, 0) is 61.9 Å². The minimum atomic E-state index is -4.81. The summed E-state index contributed by atoms with van der Waals surface area (Å²) in [5.41, 5.74) is 5.46. The Kier molecular flexibility index (Phi) is 8.57. The van der Waals surface area contributed by atoms with Crippen molar-refractivity contribution in [2.45, 2.75) is 31.9 Å². The third-order valence-corrected chi connectivity index (χ3v) is 6.59. The van der Waals surface area contributed by atoms with Gasteiger partial charge in [0, 0.05) is 23.2 Å². The Hall–Kier alpha value is -3.89. The fraction of sp³-hybridized carbons (Fsp3) is 0.250. The van der Waals surface area contributed by atoms with Crippen molar-refractivity contribution < 1.29 is 27.9 Å². The van der Waals surface area contributed by atoms with Gasteiger partial charge in [0.15, 0.2) is 0 Å². The summed E-state index contributed by atoms with van der Waals surface area (Å²) < 4.78 is 42.3. The number of aromatic nitrogens is 2. The van der Waals surface area contributed by atoms with Crippen molar-refractivity contribution in [3.63, 3.8) is 0 Å². The lowest BCUT2D eigenvalue weighted by atomic mass is 10.0. The molecule has 1 aromatic heterocycles. The minimum absolute atomic E-state index is 0.0578. The quantitative estimate of drug-likeness (QED) is 0.187. The normalized spacial score (nSPS) is 11.6. The lowest BCUT2D eigenvalue weighted by Crippen LogP contribution is -2.20. The summed E-state index contributed by atoms with van der Waals surface area (Å²) in [6, 6.07) is 14.2. The van der Waals surface area contributed by atoms with Crippen LogP contribution in [0.15, 0.2) is 60.7 Å². The number of alkyl halides is 3. The van der Waals surface area contributed by atoms with Gasteiger partial charge in [-0.3, -0.25) is 4.79 Å². The van der Waals surface area contributed by atoms with Gasteiger partial charge in [-0.25, -0.2) is 4.79 Å². The molecule has 0 amide bonds. The predicted octanol–water partition coefficient (Wildman–Crippen LogP) is 6.69. The molecule has 0 aliphatic heterocycles. The molecule has 4 rings (SSSR count). The molecular weight excluding hydrogens is 533 g/mol. The molecule has 4 aromatic rings. The summed E-state index contributed by atoms with van der Waals surface area (Å²) in [5.74, 6) is -2.14. The number of unbranched alkanes of at least 4 members (excludes halogenated alkanes) is 3. The highest BCUT2D eigenvalue weighted by Crippen LogP contribution is 2.37. The Bertz CT molecular complexity index is 1500. The van der Waals surface area contributed by atoms with Crippen LogP contribution in [-0.4, -0.2) is 39.9 Å². The molecule has 0 atom stereocenters. The number of carboxylic acid groups (broad SMARTS) is 1. The van der Waals surface area contributed by atoms with E-state index in [1.54, 1.807) is 18.2 Å². The van der Waals surface area contributed by atoms with Gasteiger partial charge in [0.2, 0.25) is 0 Å². The second-order valence-corrected chi connectivity index (χ2v) is 9.38. The fourth-order valence-electron chi connectivity index (χ4n) is 4.30. The molecule has 4 N–H and O–H groups in total. The molecule has 0 saturated heterocycles. The third-order valence-electron chi connectivity index (χ3n) is 6.27. The van der Waals surface area contributed by atoms with Crippen LogP contribution >= 0.6 is 11.6 Å². The number of hydrogen-bond acceptors (Lipinski definition) is 5. The van der Waals surface area contributed by atoms with Crippen molar-refractivity contribution in [1.82, 2.24) is 9.78 Å². The van der Waals surface area contributed by atoms with Crippen molar-refractivity contribution >= 4 is 40.1 Å². The first-order chi connectivity index (χ1) is 18.6. The van der Waals surface area contributed by atoms with Gasteiger partial charge in [-0.15, -0.1) is 0 Å². The molecule has 11 heteroatoms. The Morgan fingerprint density at radius 1 is 1.00 bits per heavy atom. The Morgan fingerprint density at radius 3 is 2.38 bits per heavy atom. The van der Waals surface area contributed by atoms with E-state index in [0.29, 0.717) is 35.4 Å². The number of carbonyl (C=O) groups excluding carboxylic acids is 1. The monoisotopic (exact) mass is 558 g/mol. The zero-order valence-electron chi connectivity index (χ0n) is 20.8. The second-order valence-electron chi connectivity index (χ2n) is 8.97. The van der Waals surface area contributed by atoms with Crippen molar-refractivity contribution in [1.29, 1.82) is 0 Å². The van der Waals surface area contributed by atoms with Crippen molar-refractivity contribution in [2.75, 3.05) is 18.4 Å². The van der Waals surface area contributed by atoms with Crippen molar-refractivity contribution in [2.24, 2.45) is 5.73 Å². The van der Waals surface area contributed by atoms with E-state index in [1.165, 1.54) is 30.3 Å². The lowest BCUT2D eigenvalue weighted by Gasteiger charge is -2.14. The Morgan fingerprint density at radius 2 is 1.72 bits per heavy atom. The van der Waals surface area contributed by atoms with Gasteiger partial charge in [0.05, 0.1) is 27.2 Å². The number of rotatable bonds is 10. The van der Waals surface area contributed by atoms with Gasteiger partial charge >= 0.3 is 12.1 Å². The second kappa shape index (κ2) is 11.9. The van der Waals surface area contributed by atoms with E-state index >= 15 is 0 Å². The number of nitrogens with zero attached hydrogens (tertiary/aromatic N) is 2. The maximum absolute atomic E-state index is 13.8. The van der Waals surface area contributed by atoms with Gasteiger partial charge in [0.1, 0.15) is 5.69 Å². The van der Waals surface area contributed by atoms with E-state index in [9.17, 15) is 27.9 Å². The highest BCUT2D eigenvalue weighted by Gasteiger charge is 2.37. The SMILES string of the molecule is NCCCCCCNc1ccc2c(-c3ccc(C(=O)O)cc3)nn(C(=O)c3c(Cl)cccc3C(F)(F)F)c2c1. The molecule has 39 heavy (non-hydrogen) atoms. The van der Waals surface area contributed by atoms with Crippen LogP contribution in [0.25, 0.3) is 22.2 Å². The van der Waals surface area contributed by atoms with Crippen LogP contribution in [0.5, 0.6) is 0 Å². The van der Waals surface area contributed by atoms with E-state index in [2.05, 4.69) is 10.4 Å². The maximum atomic E-state index is 13.8. The van der Waals surface area contributed by atoms with Crippen LogP contribution in [0, 0.1) is 0 Å². The molecule has 0 fully saturated rings. The summed E-state index contributed by atoms with van der Waals surface area (Å²) in [4.78, 5) is 24.9. The third kappa shape index (κ3) is 6.23. The molecular formula is C28H26ClF3N4O3. The number of aromatic carboxylic acids is 1. The number of hydrogen-bond donors (Lipinski definition) is 3. The summed E-state index contributed by atoms with van der Waals surface area (Å²) in [5, 5.41) is 17.1. The lowest BCUT2D eigenvalue weighted by molar-refractivity contribution is -0.137. The first kappa shape index (κ1) is 28.1. The highest BCUT2D eigenvalue weighted by atomic mass is 35.5. The van der Waals surface area contributed by atoms with Crippen LogP contribution in [-0.2, 0) is 6.18 Å². The number of nitrogens with two attached hydrogens (primary N) is 1. The van der Waals surface area contributed by atoms with Crippen molar-refractivity contribution in [3.8, 4) is 11.3 Å². The van der Waals surface area contributed by atoms with Crippen LogP contribution in [0.1, 0.15) is 52.0 Å². The summed E-state index contributed by atoms with van der Waals surface area (Å²) in [6.07, 6.45) is -0.962. The number of fused-ring (bicyclic) bond motifs is 1. The van der Waals surface area contributed by atoms with E-state index in [-0.39, 0.29) is 16.1 Å². The summed E-state index contributed by atoms with van der Waals surface area (Å²) >= 11 is 6.12. The zero-order chi connectivity index (χ0) is 28.2. The van der Waals surface area contributed by atoms with Gasteiger partial charge in [-0.2, -0.15) is 23.0 Å². The molecule has 204 valence electrons. The van der Waals surface area contributed by atoms with Gasteiger partial charge in [0.25, 0.3) is 5.91 Å². The smallest absolute Gasteiger partial charge is 0.417 e. The molecule has 7 nitrogen and oxygen atoms in total. The van der Waals surface area contributed by atoms with Crippen LogP contribution in [0.4, 0.5) is 18.9 Å². The van der Waals surface area contributed by atoms with Gasteiger partial charge < -0.3 is 16.2 Å². The van der Waals surface area contributed by atoms with E-state index in [4.69, 9.17) is 17.3 Å². The van der Waals surface area contributed by atoms with E-state index in [0.717, 1.165) is 42.5 Å². The fourth-order valence-corrected chi connectivity index (χ4v) is 4.56. The van der Waals surface area contributed by atoms with Gasteiger partial charge in [-0.1, -0.05) is 42.6 Å². The number of nitrogens with one attached hydrogen (secondary N) is 1. The number of halogens is 4. The number of carboxylic acids is 1. The molecule has 0 aliphatic carbocycles. The first-order valence-electron chi connectivity index (χ1n) is 12.3. The molecule has 1 heterocycles. The number of benzene rings is 3. The number of carbonyl (C=O) groups is 2. The van der Waals surface area contributed by atoms with Crippen molar-refractivity contribution in [3.05, 3.63) is 82.4 Å². The van der Waals surface area contributed by atoms with Crippen LogP contribution < -0.4 is 11.1 Å². The summed E-state index contributed by atoms with van der Waals surface area (Å²) in [7, 11) is 0. The highest BCUT2D eigenvalue weighted by molar-refractivity contribution is 6.34. The number of anilines is 1. The predicted molar refractivity (Wildman–Crippen MR) is 144 cm³/mol. The zero-order valence-corrected chi connectivity index (χ0v) is 21.5. The largest absolute Gasteiger partial charge is 0.478 e. The first-order valence-corrected chi connectivity index (χ1v) is 12.7. The van der Waals surface area contributed by atoms with E-state index in [1.807, 2.05) is 0 Å². The summed E-state index contributed by atoms with van der Waals surface area (Å²) in [6.45, 7) is 1.30. The minimum Gasteiger partial charge on any atom is -0.478 e. The molecule has 0 aliphatic rings. The maximum Gasteiger partial charge on any atom is 0.417 e. The van der Waals surface area contributed by atoms with E-state index < -0.39 is 29.2 Å². The molecule has 0 saturated carbocycles.